The highest BCUT2D eigenvalue weighted by molar-refractivity contribution is 5.71. The lowest BCUT2D eigenvalue weighted by Gasteiger charge is -2.05. The zero-order chi connectivity index (χ0) is 12.3. The van der Waals surface area contributed by atoms with Gasteiger partial charge in [0.15, 0.2) is 5.82 Å². The molecule has 0 bridgehead atoms. The molecule has 0 radical (unpaired) electrons. The molecule has 0 saturated heterocycles. The lowest BCUT2D eigenvalue weighted by molar-refractivity contribution is 0.432. The maximum atomic E-state index is 12.9. The summed E-state index contributed by atoms with van der Waals surface area (Å²) in [6.07, 6.45) is 0.319. The molecule has 1 heterocycles. The van der Waals surface area contributed by atoms with Gasteiger partial charge < -0.3 is 5.73 Å². The summed E-state index contributed by atoms with van der Waals surface area (Å²) in [7, 11) is 0. The van der Waals surface area contributed by atoms with Crippen molar-refractivity contribution in [2.24, 2.45) is 0 Å². The number of anilines is 1. The van der Waals surface area contributed by atoms with E-state index in [-0.39, 0.29) is 5.69 Å². The molecule has 0 aliphatic heterocycles. The molecule has 0 atom stereocenters. The SMILES string of the molecule is Nc1cc(F)ccc1-c1nnnn1CCCF. The number of tetrazole rings is 1. The van der Waals surface area contributed by atoms with Crippen molar-refractivity contribution in [3.8, 4) is 11.4 Å². The smallest absolute Gasteiger partial charge is 0.184 e. The fraction of sp³-hybridized carbons (Fsp3) is 0.300. The normalized spacial score (nSPS) is 10.7. The van der Waals surface area contributed by atoms with Crippen LogP contribution in [0.2, 0.25) is 0 Å². The van der Waals surface area contributed by atoms with Gasteiger partial charge in [0.25, 0.3) is 0 Å². The summed E-state index contributed by atoms with van der Waals surface area (Å²) < 4.78 is 26.4. The molecule has 0 aliphatic carbocycles. The molecule has 1 aromatic carbocycles. The molecule has 2 rings (SSSR count). The number of rotatable bonds is 4. The Morgan fingerprint density at radius 2 is 2.18 bits per heavy atom. The van der Waals surface area contributed by atoms with Gasteiger partial charge in [-0.2, -0.15) is 0 Å². The molecule has 5 nitrogen and oxygen atoms in total. The van der Waals surface area contributed by atoms with E-state index < -0.39 is 12.5 Å². The Morgan fingerprint density at radius 3 is 2.88 bits per heavy atom. The van der Waals surface area contributed by atoms with Crippen LogP contribution in [0.5, 0.6) is 0 Å². The third kappa shape index (κ3) is 2.38. The van der Waals surface area contributed by atoms with Crippen molar-refractivity contribution in [2.45, 2.75) is 13.0 Å². The molecule has 2 N–H and O–H groups in total. The number of alkyl halides is 1. The van der Waals surface area contributed by atoms with Crippen molar-refractivity contribution in [3.63, 3.8) is 0 Å². The van der Waals surface area contributed by atoms with Gasteiger partial charge in [-0.1, -0.05) is 0 Å². The first-order chi connectivity index (χ1) is 8.22. The summed E-state index contributed by atoms with van der Waals surface area (Å²) in [5.74, 6) is -0.00928. The van der Waals surface area contributed by atoms with Gasteiger partial charge in [0.2, 0.25) is 0 Å². The van der Waals surface area contributed by atoms with Crippen LogP contribution >= 0.6 is 0 Å². The lowest BCUT2D eigenvalue weighted by Crippen LogP contribution is -2.05. The lowest BCUT2D eigenvalue weighted by atomic mass is 10.1. The Balaban J connectivity index is 2.35. The molecule has 1 aromatic heterocycles. The molecule has 0 saturated carbocycles. The highest BCUT2D eigenvalue weighted by Gasteiger charge is 2.12. The van der Waals surface area contributed by atoms with Crippen LogP contribution in [0, 0.1) is 5.82 Å². The summed E-state index contributed by atoms with van der Waals surface area (Å²) in [5.41, 5.74) is 6.48. The van der Waals surface area contributed by atoms with Crippen molar-refractivity contribution < 1.29 is 8.78 Å². The number of aromatic nitrogens is 4. The van der Waals surface area contributed by atoms with Gasteiger partial charge in [-0.05, 0) is 35.0 Å². The first-order valence-corrected chi connectivity index (χ1v) is 5.10. The molecule has 17 heavy (non-hydrogen) atoms. The average molecular weight is 239 g/mol. The number of benzene rings is 1. The second kappa shape index (κ2) is 4.86. The molecule has 0 spiro atoms. The fourth-order valence-corrected chi connectivity index (χ4v) is 1.49. The molecule has 0 unspecified atom stereocenters. The minimum atomic E-state index is -0.446. The van der Waals surface area contributed by atoms with Crippen molar-refractivity contribution in [1.29, 1.82) is 0 Å². The van der Waals surface area contributed by atoms with Crippen LogP contribution in [0.15, 0.2) is 18.2 Å². The number of aryl methyl sites for hydroxylation is 1. The number of halogens is 2. The molecular formula is C10H11F2N5. The third-order valence-electron chi connectivity index (χ3n) is 2.29. The van der Waals surface area contributed by atoms with Crippen molar-refractivity contribution in [1.82, 2.24) is 20.2 Å². The van der Waals surface area contributed by atoms with Gasteiger partial charge in [0.05, 0.1) is 6.67 Å². The summed E-state index contributed by atoms with van der Waals surface area (Å²) in [4.78, 5) is 0. The number of nitrogen functional groups attached to an aromatic ring is 1. The minimum Gasteiger partial charge on any atom is -0.398 e. The molecule has 7 heteroatoms. The molecule has 0 fully saturated rings. The van der Waals surface area contributed by atoms with Crippen molar-refractivity contribution in [3.05, 3.63) is 24.0 Å². The van der Waals surface area contributed by atoms with E-state index in [2.05, 4.69) is 15.5 Å². The number of hydrogen-bond acceptors (Lipinski definition) is 4. The van der Waals surface area contributed by atoms with Gasteiger partial charge in [-0.3, -0.25) is 4.39 Å². The Bertz CT molecular complexity index is 511. The van der Waals surface area contributed by atoms with E-state index in [1.54, 1.807) is 0 Å². The maximum Gasteiger partial charge on any atom is 0.184 e. The number of nitrogens with zero attached hydrogens (tertiary/aromatic N) is 4. The van der Waals surface area contributed by atoms with Crippen LogP contribution in [0.1, 0.15) is 6.42 Å². The molecule has 0 aliphatic rings. The predicted molar refractivity (Wildman–Crippen MR) is 58.2 cm³/mol. The van der Waals surface area contributed by atoms with Crippen LogP contribution in [-0.2, 0) is 6.54 Å². The Kier molecular flexibility index (Phi) is 3.27. The first kappa shape index (κ1) is 11.4. The van der Waals surface area contributed by atoms with E-state index in [1.165, 1.54) is 22.9 Å². The minimum absolute atomic E-state index is 0.251. The summed E-state index contributed by atoms with van der Waals surface area (Å²) in [6, 6.07) is 3.98. The number of hydrogen-bond donors (Lipinski definition) is 1. The van der Waals surface area contributed by atoms with Gasteiger partial charge >= 0.3 is 0 Å². The average Bonchev–Trinajstić information content (AvgIpc) is 2.74. The second-order valence-corrected chi connectivity index (χ2v) is 3.50. The van der Waals surface area contributed by atoms with Gasteiger partial charge in [0, 0.05) is 17.8 Å². The van der Waals surface area contributed by atoms with E-state index in [1.807, 2.05) is 0 Å². The van der Waals surface area contributed by atoms with E-state index in [0.29, 0.717) is 24.4 Å². The largest absolute Gasteiger partial charge is 0.398 e. The Morgan fingerprint density at radius 1 is 1.35 bits per heavy atom. The number of nitrogens with two attached hydrogens (primary N) is 1. The monoisotopic (exact) mass is 239 g/mol. The van der Waals surface area contributed by atoms with E-state index in [9.17, 15) is 8.78 Å². The quantitative estimate of drug-likeness (QED) is 0.819. The van der Waals surface area contributed by atoms with E-state index >= 15 is 0 Å². The maximum absolute atomic E-state index is 12.9. The summed E-state index contributed by atoms with van der Waals surface area (Å²) in [5, 5.41) is 11.0. The Labute approximate surface area is 96.2 Å². The van der Waals surface area contributed by atoms with E-state index in [0.717, 1.165) is 0 Å². The van der Waals surface area contributed by atoms with Crippen LogP contribution < -0.4 is 5.73 Å². The van der Waals surface area contributed by atoms with Crippen molar-refractivity contribution in [2.75, 3.05) is 12.4 Å². The van der Waals surface area contributed by atoms with Crippen LogP contribution in [0.4, 0.5) is 14.5 Å². The van der Waals surface area contributed by atoms with Crippen LogP contribution in [0.25, 0.3) is 11.4 Å². The fourth-order valence-electron chi connectivity index (χ4n) is 1.49. The van der Waals surface area contributed by atoms with E-state index in [4.69, 9.17) is 5.73 Å². The van der Waals surface area contributed by atoms with Crippen LogP contribution in [0.3, 0.4) is 0 Å². The zero-order valence-corrected chi connectivity index (χ0v) is 8.98. The summed E-state index contributed by atoms with van der Waals surface area (Å²) >= 11 is 0. The summed E-state index contributed by atoms with van der Waals surface area (Å²) in [6.45, 7) is -0.0894. The molecular weight excluding hydrogens is 228 g/mol. The molecule has 0 amide bonds. The molecule has 2 aromatic rings. The molecule has 90 valence electrons. The standard InChI is InChI=1S/C10H11F2N5/c11-4-1-5-17-10(14-15-16-17)8-3-2-7(12)6-9(8)13/h2-3,6H,1,4-5,13H2. The van der Waals surface area contributed by atoms with Crippen LogP contribution in [-0.4, -0.2) is 26.9 Å². The van der Waals surface area contributed by atoms with Gasteiger partial charge in [-0.15, -0.1) is 5.10 Å². The van der Waals surface area contributed by atoms with Gasteiger partial charge in [-0.25, -0.2) is 9.07 Å². The second-order valence-electron chi connectivity index (χ2n) is 3.50. The third-order valence-corrected chi connectivity index (χ3v) is 2.29. The Hall–Kier alpha value is -2.05. The predicted octanol–water partition coefficient (Wildman–Crippen LogP) is 1.42. The zero-order valence-electron chi connectivity index (χ0n) is 8.98. The highest BCUT2D eigenvalue weighted by atomic mass is 19.1. The van der Waals surface area contributed by atoms with Crippen molar-refractivity contribution >= 4 is 5.69 Å². The topological polar surface area (TPSA) is 69.6 Å². The van der Waals surface area contributed by atoms with Gasteiger partial charge in [0.1, 0.15) is 5.82 Å². The first-order valence-electron chi connectivity index (χ1n) is 5.10. The highest BCUT2D eigenvalue weighted by Crippen LogP contribution is 2.24.